The Balaban J connectivity index is 1.33. The molecule has 2 aliphatic rings. The lowest BCUT2D eigenvalue weighted by Gasteiger charge is -2.42. The molecule has 1 fully saturated rings. The zero-order chi connectivity index (χ0) is 26.3. The Morgan fingerprint density at radius 2 is 1.76 bits per heavy atom. The largest absolute Gasteiger partial charge is 0.324 e. The van der Waals surface area contributed by atoms with E-state index in [4.69, 9.17) is 0 Å². The molecule has 2 aliphatic heterocycles. The Hall–Kier alpha value is -3.99. The number of anilines is 2. The van der Waals surface area contributed by atoms with E-state index in [0.29, 0.717) is 30.9 Å². The quantitative estimate of drug-likeness (QED) is 0.494. The molecular weight excluding hydrogens is 499 g/mol. The van der Waals surface area contributed by atoms with Crippen molar-refractivity contribution in [2.45, 2.75) is 30.7 Å². The minimum absolute atomic E-state index is 0.0184. The van der Waals surface area contributed by atoms with Crippen molar-refractivity contribution in [3.63, 3.8) is 0 Å². The third-order valence-electron chi connectivity index (χ3n) is 6.78. The van der Waals surface area contributed by atoms with Gasteiger partial charge in [-0.1, -0.05) is 6.07 Å². The van der Waals surface area contributed by atoms with Crippen LogP contribution in [0.2, 0.25) is 0 Å². The molecule has 0 unspecified atom stereocenters. The van der Waals surface area contributed by atoms with Crippen molar-refractivity contribution in [3.05, 3.63) is 88.1 Å². The van der Waals surface area contributed by atoms with Gasteiger partial charge < -0.3 is 14.8 Å². The minimum atomic E-state index is -4.14. The SMILES string of the molecule is CC(=O)c1ccc(NC(=O)N2C[C@@H]3C[C@H](C2)c2ccc(NS(=O)(=O)c4cccc(F)c4)c(=O)n2C3)cc1. The molecule has 0 saturated carbocycles. The number of sulfonamides is 1. The fraction of sp³-hybridized carbons (Fsp3) is 0.269. The normalized spacial score (nSPS) is 18.6. The van der Waals surface area contributed by atoms with E-state index in [1.165, 1.54) is 25.1 Å². The van der Waals surface area contributed by atoms with E-state index in [9.17, 15) is 27.2 Å². The van der Waals surface area contributed by atoms with Gasteiger partial charge >= 0.3 is 6.03 Å². The third kappa shape index (κ3) is 4.99. The lowest BCUT2D eigenvalue weighted by Crippen LogP contribution is -2.50. The van der Waals surface area contributed by atoms with Gasteiger partial charge in [-0.15, -0.1) is 0 Å². The summed E-state index contributed by atoms with van der Waals surface area (Å²) in [5.41, 5.74) is 1.29. The molecule has 0 radical (unpaired) electrons. The van der Waals surface area contributed by atoms with Gasteiger partial charge in [0.05, 0.1) is 4.90 Å². The first-order valence-corrected chi connectivity index (χ1v) is 13.3. The number of hydrogen-bond acceptors (Lipinski definition) is 5. The molecule has 1 aromatic heterocycles. The lowest BCUT2D eigenvalue weighted by molar-refractivity contribution is 0.101. The molecule has 2 atom stereocenters. The third-order valence-corrected chi connectivity index (χ3v) is 8.15. The predicted octanol–water partition coefficient (Wildman–Crippen LogP) is 3.64. The number of fused-ring (bicyclic) bond motifs is 4. The molecule has 5 rings (SSSR count). The van der Waals surface area contributed by atoms with Crippen LogP contribution in [0.25, 0.3) is 0 Å². The van der Waals surface area contributed by atoms with Crippen LogP contribution in [-0.2, 0) is 16.6 Å². The van der Waals surface area contributed by atoms with Crippen LogP contribution >= 0.6 is 0 Å². The van der Waals surface area contributed by atoms with Crippen LogP contribution in [0, 0.1) is 11.7 Å². The first-order valence-electron chi connectivity index (χ1n) is 11.8. The molecule has 9 nitrogen and oxygen atoms in total. The van der Waals surface area contributed by atoms with E-state index >= 15 is 0 Å². The van der Waals surface area contributed by atoms with Gasteiger partial charge in [-0.3, -0.25) is 14.3 Å². The topological polar surface area (TPSA) is 118 Å². The van der Waals surface area contributed by atoms with Crippen LogP contribution in [0.15, 0.2) is 70.4 Å². The summed E-state index contributed by atoms with van der Waals surface area (Å²) in [6.07, 6.45) is 0.810. The standard InChI is InChI=1S/C26H25FN4O5S/c1-16(32)18-5-7-21(8-6-18)28-26(34)30-13-17-11-19(15-30)24-10-9-23(25(33)31(24)14-17)29-37(35,36)22-4-2-3-20(27)12-22/h2-10,12,17,19,29H,11,13-15H2,1H3,(H,28,34)/t17-,19+/m0/s1. The summed E-state index contributed by atoms with van der Waals surface area (Å²) in [7, 11) is -4.14. The van der Waals surface area contributed by atoms with Crippen LogP contribution in [0.3, 0.4) is 0 Å². The second-order valence-electron chi connectivity index (χ2n) is 9.42. The molecule has 3 heterocycles. The predicted molar refractivity (Wildman–Crippen MR) is 136 cm³/mol. The number of rotatable bonds is 5. The maximum atomic E-state index is 13.5. The van der Waals surface area contributed by atoms with Gasteiger partial charge in [0, 0.05) is 42.5 Å². The smallest absolute Gasteiger partial charge is 0.321 e. The second kappa shape index (κ2) is 9.47. The Kier molecular flexibility index (Phi) is 6.32. The number of Topliss-reactive ketones (excluding diaryl/α,β-unsaturated/α-hetero) is 1. The van der Waals surface area contributed by atoms with Crippen molar-refractivity contribution < 1.29 is 22.4 Å². The summed E-state index contributed by atoms with van der Waals surface area (Å²) in [6, 6.07) is 14.1. The number of ketones is 1. The zero-order valence-corrected chi connectivity index (χ0v) is 20.8. The average molecular weight is 525 g/mol. The summed E-state index contributed by atoms with van der Waals surface area (Å²) < 4.78 is 42.8. The van der Waals surface area contributed by atoms with E-state index in [1.807, 2.05) is 0 Å². The van der Waals surface area contributed by atoms with Gasteiger partial charge in [0.1, 0.15) is 11.5 Å². The summed E-state index contributed by atoms with van der Waals surface area (Å²) >= 11 is 0. The number of likely N-dealkylation sites (tertiary alicyclic amines) is 1. The highest BCUT2D eigenvalue weighted by molar-refractivity contribution is 7.92. The fourth-order valence-electron chi connectivity index (χ4n) is 5.02. The van der Waals surface area contributed by atoms with Crippen molar-refractivity contribution in [2.24, 2.45) is 5.92 Å². The van der Waals surface area contributed by atoms with Gasteiger partial charge in [0.2, 0.25) is 0 Å². The monoisotopic (exact) mass is 524 g/mol. The van der Waals surface area contributed by atoms with Crippen molar-refractivity contribution >= 4 is 33.2 Å². The van der Waals surface area contributed by atoms with Crippen LogP contribution < -0.4 is 15.6 Å². The Labute approximate surface area is 213 Å². The maximum Gasteiger partial charge on any atom is 0.321 e. The van der Waals surface area contributed by atoms with Gasteiger partial charge in [-0.05, 0) is 73.9 Å². The van der Waals surface area contributed by atoms with Crippen LogP contribution in [-0.4, -0.2) is 42.8 Å². The van der Waals surface area contributed by atoms with E-state index in [2.05, 4.69) is 10.0 Å². The molecule has 192 valence electrons. The molecule has 2 aromatic carbocycles. The Morgan fingerprint density at radius 3 is 2.46 bits per heavy atom. The number of urea groups is 1. The molecule has 2 N–H and O–H groups in total. The van der Waals surface area contributed by atoms with Gasteiger partial charge in [-0.2, -0.15) is 0 Å². The zero-order valence-electron chi connectivity index (χ0n) is 20.0. The minimum Gasteiger partial charge on any atom is -0.324 e. The summed E-state index contributed by atoms with van der Waals surface area (Å²) in [6.45, 7) is 2.67. The Bertz CT molecular complexity index is 1550. The number of piperidine rings is 1. The summed E-state index contributed by atoms with van der Waals surface area (Å²) in [5, 5.41) is 2.86. The summed E-state index contributed by atoms with van der Waals surface area (Å²) in [5.74, 6) is -0.815. The highest BCUT2D eigenvalue weighted by atomic mass is 32.2. The fourth-order valence-corrected chi connectivity index (χ4v) is 6.11. The molecule has 3 aromatic rings. The number of benzene rings is 2. The number of nitrogens with zero attached hydrogens (tertiary/aromatic N) is 2. The summed E-state index contributed by atoms with van der Waals surface area (Å²) in [4.78, 5) is 39.0. The van der Waals surface area contributed by atoms with Crippen molar-refractivity contribution in [1.29, 1.82) is 0 Å². The average Bonchev–Trinajstić information content (AvgIpc) is 2.86. The first-order chi connectivity index (χ1) is 17.6. The van der Waals surface area contributed by atoms with E-state index in [-0.39, 0.29) is 34.2 Å². The van der Waals surface area contributed by atoms with E-state index in [1.54, 1.807) is 39.8 Å². The Morgan fingerprint density at radius 1 is 1.00 bits per heavy atom. The van der Waals surface area contributed by atoms with Gasteiger partial charge in [0.25, 0.3) is 15.6 Å². The van der Waals surface area contributed by atoms with Crippen LogP contribution in [0.4, 0.5) is 20.6 Å². The van der Waals surface area contributed by atoms with Crippen molar-refractivity contribution in [2.75, 3.05) is 23.1 Å². The first kappa shape index (κ1) is 24.7. The highest BCUT2D eigenvalue weighted by Crippen LogP contribution is 2.36. The lowest BCUT2D eigenvalue weighted by atomic mass is 9.83. The molecule has 37 heavy (non-hydrogen) atoms. The molecule has 0 aliphatic carbocycles. The number of amides is 2. The number of halogens is 1. The second-order valence-corrected chi connectivity index (χ2v) is 11.1. The van der Waals surface area contributed by atoms with Crippen LogP contribution in [0.5, 0.6) is 0 Å². The van der Waals surface area contributed by atoms with E-state index in [0.717, 1.165) is 24.2 Å². The van der Waals surface area contributed by atoms with E-state index < -0.39 is 21.4 Å². The number of carbonyl (C=O) groups is 2. The van der Waals surface area contributed by atoms with Crippen molar-refractivity contribution in [3.8, 4) is 0 Å². The number of pyridine rings is 1. The van der Waals surface area contributed by atoms with Crippen LogP contribution in [0.1, 0.15) is 35.3 Å². The molecule has 0 spiro atoms. The molecule has 11 heteroatoms. The van der Waals surface area contributed by atoms with Gasteiger partial charge in [-0.25, -0.2) is 17.6 Å². The number of carbonyl (C=O) groups excluding carboxylic acids is 2. The van der Waals surface area contributed by atoms with Crippen molar-refractivity contribution in [1.82, 2.24) is 9.47 Å². The molecular formula is C26H25FN4O5S. The molecule has 1 saturated heterocycles. The van der Waals surface area contributed by atoms with Gasteiger partial charge in [0.15, 0.2) is 5.78 Å². The number of hydrogen-bond donors (Lipinski definition) is 2. The molecule has 2 amide bonds. The number of aromatic nitrogens is 1. The maximum absolute atomic E-state index is 13.5. The highest BCUT2D eigenvalue weighted by Gasteiger charge is 2.37. The molecule has 2 bridgehead atoms. The number of nitrogens with one attached hydrogen (secondary N) is 2.